The van der Waals surface area contributed by atoms with Gasteiger partial charge in [0.15, 0.2) is 0 Å². The number of nitrogens with zero attached hydrogens (tertiary/aromatic N) is 2. The molecule has 0 unspecified atom stereocenters. The quantitative estimate of drug-likeness (QED) is 0.442. The summed E-state index contributed by atoms with van der Waals surface area (Å²) in [6.07, 6.45) is 1.01. The molecule has 0 aliphatic carbocycles. The van der Waals surface area contributed by atoms with Crippen LogP contribution in [0.15, 0.2) is 41.5 Å². The van der Waals surface area contributed by atoms with Crippen LogP contribution in [0, 0.1) is 10.1 Å². The molecule has 2 rings (SSSR count). The molecule has 8 nitrogen and oxygen atoms in total. The van der Waals surface area contributed by atoms with Gasteiger partial charge in [-0.1, -0.05) is 29.3 Å². The van der Waals surface area contributed by atoms with Gasteiger partial charge in [0, 0.05) is 21.8 Å². The Labute approximate surface area is 158 Å². The van der Waals surface area contributed by atoms with E-state index in [1.165, 1.54) is 6.07 Å². The lowest BCUT2D eigenvalue weighted by atomic mass is 10.2. The number of nitro groups is 1. The number of halogens is 2. The van der Waals surface area contributed by atoms with Crippen LogP contribution in [0.4, 0.5) is 11.4 Å². The fraction of sp³-hybridized carbons (Fsp3) is 0.125. The largest absolute Gasteiger partial charge is 0.867 e. The van der Waals surface area contributed by atoms with Gasteiger partial charge in [0.1, 0.15) is 6.04 Å². The maximum absolute atomic E-state index is 12.0. The molecule has 0 aromatic heterocycles. The van der Waals surface area contributed by atoms with Gasteiger partial charge >= 0.3 is 0 Å². The standard InChI is InChI=1S/C16H14Cl2N4O4/c1-9(20-13-4-2-3-11(17)6-13)16(24)21-19-8-10-5-12(18)7-14(15(10)23)22(25)26/h2-9,20,23H,1H3,(H,21,24)/p-1/b19-8-/t9-/m1/s1. The smallest absolute Gasteiger partial charge is 0.263 e. The van der Waals surface area contributed by atoms with Crippen molar-refractivity contribution in [3.63, 3.8) is 0 Å². The highest BCUT2D eigenvalue weighted by molar-refractivity contribution is 6.31. The molecule has 0 aliphatic heterocycles. The molecule has 0 saturated heterocycles. The van der Waals surface area contributed by atoms with Gasteiger partial charge in [-0.3, -0.25) is 14.9 Å². The molecule has 0 spiro atoms. The van der Waals surface area contributed by atoms with E-state index in [1.54, 1.807) is 31.2 Å². The van der Waals surface area contributed by atoms with E-state index in [1.807, 2.05) is 0 Å². The van der Waals surface area contributed by atoms with E-state index in [-0.39, 0.29) is 10.6 Å². The second-order valence-electron chi connectivity index (χ2n) is 5.21. The summed E-state index contributed by atoms with van der Waals surface area (Å²) < 4.78 is 0. The second kappa shape index (κ2) is 8.50. The molecule has 0 saturated carbocycles. The molecule has 2 aromatic carbocycles. The van der Waals surface area contributed by atoms with Crippen LogP contribution in [0.2, 0.25) is 10.0 Å². The summed E-state index contributed by atoms with van der Waals surface area (Å²) in [5.41, 5.74) is 2.12. The molecule has 0 fully saturated rings. The number of anilines is 1. The van der Waals surface area contributed by atoms with Gasteiger partial charge in [-0.25, -0.2) is 5.43 Å². The summed E-state index contributed by atoms with van der Waals surface area (Å²) in [5, 5.41) is 29.8. The Morgan fingerprint density at radius 2 is 2.00 bits per heavy atom. The summed E-state index contributed by atoms with van der Waals surface area (Å²) in [4.78, 5) is 22.0. The zero-order chi connectivity index (χ0) is 19.3. The van der Waals surface area contributed by atoms with Gasteiger partial charge in [0.25, 0.3) is 11.6 Å². The van der Waals surface area contributed by atoms with E-state index < -0.39 is 28.3 Å². The summed E-state index contributed by atoms with van der Waals surface area (Å²) in [5.74, 6) is -1.33. The first kappa shape index (κ1) is 19.5. The van der Waals surface area contributed by atoms with Gasteiger partial charge in [-0.2, -0.15) is 5.10 Å². The Morgan fingerprint density at radius 1 is 1.27 bits per heavy atom. The third-order valence-corrected chi connectivity index (χ3v) is 3.69. The normalized spacial score (nSPS) is 12.0. The third kappa shape index (κ3) is 5.08. The van der Waals surface area contributed by atoms with Gasteiger partial charge in [-0.05, 0) is 42.5 Å². The Hall–Kier alpha value is -2.84. The van der Waals surface area contributed by atoms with E-state index in [4.69, 9.17) is 23.2 Å². The van der Waals surface area contributed by atoms with Crippen LogP contribution in [0.1, 0.15) is 12.5 Å². The molecule has 136 valence electrons. The van der Waals surface area contributed by atoms with Gasteiger partial charge < -0.3 is 10.4 Å². The predicted molar refractivity (Wildman–Crippen MR) is 97.8 cm³/mol. The van der Waals surface area contributed by atoms with Crippen LogP contribution in [-0.4, -0.2) is 23.1 Å². The number of hydrazone groups is 1. The van der Waals surface area contributed by atoms with Crippen LogP contribution in [-0.2, 0) is 4.79 Å². The van der Waals surface area contributed by atoms with Crippen molar-refractivity contribution >= 4 is 46.7 Å². The van der Waals surface area contributed by atoms with Crippen LogP contribution in [0.25, 0.3) is 0 Å². The SMILES string of the molecule is C[C@@H](Nc1cccc(Cl)c1)C(=O)N/N=C\c1cc(Cl)cc([N+](=O)[O-])c1[O-]. The molecule has 1 amide bonds. The predicted octanol–water partition coefficient (Wildman–Crippen LogP) is 2.93. The van der Waals surface area contributed by atoms with Crippen molar-refractivity contribution in [3.8, 4) is 5.75 Å². The first-order valence-electron chi connectivity index (χ1n) is 7.28. The molecule has 0 bridgehead atoms. The van der Waals surface area contributed by atoms with E-state index >= 15 is 0 Å². The molecule has 10 heteroatoms. The van der Waals surface area contributed by atoms with Crippen LogP contribution in [0.5, 0.6) is 5.75 Å². The number of hydrogen-bond donors (Lipinski definition) is 2. The second-order valence-corrected chi connectivity index (χ2v) is 6.08. The molecule has 1 atom stereocenters. The zero-order valence-electron chi connectivity index (χ0n) is 13.4. The van der Waals surface area contributed by atoms with E-state index in [0.29, 0.717) is 10.7 Å². The maximum Gasteiger partial charge on any atom is 0.263 e. The average Bonchev–Trinajstić information content (AvgIpc) is 2.57. The monoisotopic (exact) mass is 395 g/mol. The molecule has 2 aromatic rings. The van der Waals surface area contributed by atoms with Crippen molar-refractivity contribution < 1.29 is 14.8 Å². The Bertz CT molecular complexity index is 873. The number of amides is 1. The van der Waals surface area contributed by atoms with Gasteiger partial charge in [0.2, 0.25) is 0 Å². The summed E-state index contributed by atoms with van der Waals surface area (Å²) >= 11 is 11.6. The van der Waals surface area contributed by atoms with Crippen molar-refractivity contribution in [1.82, 2.24) is 5.43 Å². The molecular formula is C16H13Cl2N4O4-. The summed E-state index contributed by atoms with van der Waals surface area (Å²) in [7, 11) is 0. The van der Waals surface area contributed by atoms with Crippen molar-refractivity contribution in [3.05, 3.63) is 62.1 Å². The summed E-state index contributed by atoms with van der Waals surface area (Å²) in [6.45, 7) is 1.61. The van der Waals surface area contributed by atoms with Crippen LogP contribution < -0.4 is 15.8 Å². The summed E-state index contributed by atoms with van der Waals surface area (Å²) in [6, 6.07) is 8.36. The molecule has 0 heterocycles. The molecule has 0 radical (unpaired) electrons. The highest BCUT2D eigenvalue weighted by atomic mass is 35.5. The number of nitro benzene ring substituents is 1. The molecule has 2 N–H and O–H groups in total. The van der Waals surface area contributed by atoms with Crippen molar-refractivity contribution in [2.45, 2.75) is 13.0 Å². The first-order valence-corrected chi connectivity index (χ1v) is 8.03. The third-order valence-electron chi connectivity index (χ3n) is 3.24. The minimum Gasteiger partial charge on any atom is -0.867 e. The lowest BCUT2D eigenvalue weighted by molar-refractivity contribution is -0.398. The highest BCUT2D eigenvalue weighted by Crippen LogP contribution is 2.29. The fourth-order valence-corrected chi connectivity index (χ4v) is 2.40. The van der Waals surface area contributed by atoms with Crippen LogP contribution >= 0.6 is 23.2 Å². The average molecular weight is 396 g/mol. The number of carbonyl (C=O) groups is 1. The lowest BCUT2D eigenvalue weighted by Gasteiger charge is -2.14. The van der Waals surface area contributed by atoms with Gasteiger partial charge in [0.05, 0.1) is 11.1 Å². The van der Waals surface area contributed by atoms with Crippen molar-refractivity contribution in [2.24, 2.45) is 5.10 Å². The number of benzene rings is 2. The Morgan fingerprint density at radius 3 is 2.65 bits per heavy atom. The number of nitrogens with one attached hydrogen (secondary N) is 2. The fourth-order valence-electron chi connectivity index (χ4n) is 1.99. The maximum atomic E-state index is 12.0. The molecular weight excluding hydrogens is 383 g/mol. The van der Waals surface area contributed by atoms with Crippen molar-refractivity contribution in [2.75, 3.05) is 5.32 Å². The first-order chi connectivity index (χ1) is 12.3. The number of carbonyl (C=O) groups excluding carboxylic acids is 1. The molecule has 0 aliphatic rings. The lowest BCUT2D eigenvalue weighted by Crippen LogP contribution is -2.34. The van der Waals surface area contributed by atoms with E-state index in [2.05, 4.69) is 15.8 Å². The van der Waals surface area contributed by atoms with Crippen molar-refractivity contribution in [1.29, 1.82) is 0 Å². The van der Waals surface area contributed by atoms with Gasteiger partial charge in [-0.15, -0.1) is 0 Å². The molecule has 26 heavy (non-hydrogen) atoms. The Balaban J connectivity index is 2.03. The minimum atomic E-state index is -0.845. The van der Waals surface area contributed by atoms with E-state index in [9.17, 15) is 20.0 Å². The topological polar surface area (TPSA) is 120 Å². The Kier molecular flexibility index (Phi) is 6.37. The highest BCUT2D eigenvalue weighted by Gasteiger charge is 2.13. The minimum absolute atomic E-state index is 0.0140. The van der Waals surface area contributed by atoms with E-state index in [0.717, 1.165) is 12.3 Å². The number of rotatable bonds is 6. The number of hydrogen-bond acceptors (Lipinski definition) is 6. The van der Waals surface area contributed by atoms with Crippen LogP contribution in [0.3, 0.4) is 0 Å². The zero-order valence-corrected chi connectivity index (χ0v) is 14.9.